The zero-order valence-corrected chi connectivity index (χ0v) is 15.3. The Labute approximate surface area is 166 Å². The van der Waals surface area contributed by atoms with Crippen LogP contribution in [0.3, 0.4) is 0 Å². The maximum atomic E-state index is 12.7. The number of phenols is 1. The molecule has 0 atom stereocenters. The largest absolute Gasteiger partial charge is 0.508 e. The quantitative estimate of drug-likeness (QED) is 0.376. The van der Waals surface area contributed by atoms with Crippen LogP contribution in [0.15, 0.2) is 60.8 Å². The van der Waals surface area contributed by atoms with Crippen molar-refractivity contribution in [1.82, 2.24) is 4.98 Å². The lowest BCUT2D eigenvalue weighted by Crippen LogP contribution is -2.15. The van der Waals surface area contributed by atoms with Gasteiger partial charge in [0.25, 0.3) is 5.91 Å². The van der Waals surface area contributed by atoms with Crippen LogP contribution in [0.4, 0.5) is 11.4 Å². The number of hydrogen-bond acceptors (Lipinski definition) is 4. The second-order valence-electron chi connectivity index (χ2n) is 5.91. The van der Waals surface area contributed by atoms with E-state index in [2.05, 4.69) is 15.1 Å². The normalized spacial score (nSPS) is 10.1. The van der Waals surface area contributed by atoms with Gasteiger partial charge in [0.15, 0.2) is 11.5 Å². The van der Waals surface area contributed by atoms with Crippen LogP contribution < -0.4 is 5.32 Å². The molecule has 138 valence electrons. The standard InChI is InChI=1S/C21H14ClN3O3/c1-23-15-5-2-13(3-6-15)21(28)25-19-9-8-17(26)11-18(19)20(27)10-16-7-4-14(22)12-24-16/h2-9,11-12,26H,10H2,(H,25,28). The summed E-state index contributed by atoms with van der Waals surface area (Å²) in [6.45, 7) is 6.95. The van der Waals surface area contributed by atoms with Crippen molar-refractivity contribution in [2.45, 2.75) is 6.42 Å². The molecule has 2 N–H and O–H groups in total. The summed E-state index contributed by atoms with van der Waals surface area (Å²) in [7, 11) is 0. The first-order valence-electron chi connectivity index (χ1n) is 8.22. The Morgan fingerprint density at radius 2 is 1.86 bits per heavy atom. The van der Waals surface area contributed by atoms with Gasteiger partial charge in [0.1, 0.15) is 5.75 Å². The lowest BCUT2D eigenvalue weighted by atomic mass is 10.0. The van der Waals surface area contributed by atoms with E-state index in [4.69, 9.17) is 18.2 Å². The zero-order valence-electron chi connectivity index (χ0n) is 14.5. The molecule has 0 aliphatic carbocycles. The number of hydrogen-bond donors (Lipinski definition) is 2. The van der Waals surface area contributed by atoms with Crippen LogP contribution >= 0.6 is 11.6 Å². The van der Waals surface area contributed by atoms with Gasteiger partial charge in [-0.1, -0.05) is 35.9 Å². The number of Topliss-reactive ketones (excluding diaryl/α,β-unsaturated/α-hetero) is 1. The van der Waals surface area contributed by atoms with Gasteiger partial charge in [0, 0.05) is 23.0 Å². The minimum absolute atomic E-state index is 0.0107. The van der Waals surface area contributed by atoms with Crippen LogP contribution in [0, 0.1) is 6.57 Å². The van der Waals surface area contributed by atoms with Crippen molar-refractivity contribution in [3.05, 3.63) is 94.1 Å². The molecule has 0 aliphatic heterocycles. The third-order valence-corrected chi connectivity index (χ3v) is 4.16. The number of benzene rings is 2. The summed E-state index contributed by atoms with van der Waals surface area (Å²) < 4.78 is 0. The highest BCUT2D eigenvalue weighted by atomic mass is 35.5. The maximum Gasteiger partial charge on any atom is 0.255 e. The topological polar surface area (TPSA) is 83.6 Å². The molecule has 1 heterocycles. The highest BCUT2D eigenvalue weighted by Gasteiger charge is 2.16. The monoisotopic (exact) mass is 391 g/mol. The fourth-order valence-corrected chi connectivity index (χ4v) is 2.64. The number of ketones is 1. The number of nitrogens with zero attached hydrogens (tertiary/aromatic N) is 2. The molecule has 0 unspecified atom stereocenters. The van der Waals surface area contributed by atoms with Gasteiger partial charge in [0.2, 0.25) is 0 Å². The molecule has 3 aromatic rings. The molecule has 7 heteroatoms. The number of halogens is 1. The summed E-state index contributed by atoms with van der Waals surface area (Å²) in [5, 5.41) is 12.9. The number of carbonyl (C=O) groups is 2. The average molecular weight is 392 g/mol. The summed E-state index contributed by atoms with van der Waals surface area (Å²) in [6, 6.07) is 13.6. The van der Waals surface area contributed by atoms with Gasteiger partial charge in [-0.25, -0.2) is 4.85 Å². The number of anilines is 1. The van der Waals surface area contributed by atoms with Crippen LogP contribution in [-0.4, -0.2) is 21.8 Å². The first-order valence-corrected chi connectivity index (χ1v) is 8.59. The molecule has 0 bridgehead atoms. The summed E-state index contributed by atoms with van der Waals surface area (Å²) in [5.74, 6) is -0.836. The van der Waals surface area contributed by atoms with E-state index in [1.54, 1.807) is 12.1 Å². The van der Waals surface area contributed by atoms with Crippen molar-refractivity contribution in [3.63, 3.8) is 0 Å². The van der Waals surface area contributed by atoms with Crippen LogP contribution in [-0.2, 0) is 6.42 Å². The van der Waals surface area contributed by atoms with Gasteiger partial charge >= 0.3 is 0 Å². The van der Waals surface area contributed by atoms with Crippen molar-refractivity contribution in [2.24, 2.45) is 0 Å². The molecule has 1 aromatic heterocycles. The number of aromatic hydroxyl groups is 1. The molecule has 0 saturated carbocycles. The smallest absolute Gasteiger partial charge is 0.255 e. The van der Waals surface area contributed by atoms with E-state index < -0.39 is 5.91 Å². The second kappa shape index (κ2) is 8.33. The number of aromatic nitrogens is 1. The highest BCUT2D eigenvalue weighted by molar-refractivity contribution is 6.30. The van der Waals surface area contributed by atoms with E-state index in [9.17, 15) is 14.7 Å². The van der Waals surface area contributed by atoms with Gasteiger partial charge in [-0.3, -0.25) is 14.6 Å². The predicted octanol–water partition coefficient (Wildman–Crippen LogP) is 4.67. The minimum Gasteiger partial charge on any atom is -0.508 e. The van der Waals surface area contributed by atoms with Gasteiger partial charge in [-0.2, -0.15) is 0 Å². The van der Waals surface area contributed by atoms with E-state index in [-0.39, 0.29) is 29.2 Å². The molecule has 2 aromatic carbocycles. The summed E-state index contributed by atoms with van der Waals surface area (Å²) in [4.78, 5) is 32.6. The van der Waals surface area contributed by atoms with Crippen molar-refractivity contribution < 1.29 is 14.7 Å². The third-order valence-electron chi connectivity index (χ3n) is 3.94. The molecule has 3 rings (SSSR count). The van der Waals surface area contributed by atoms with Crippen molar-refractivity contribution in [2.75, 3.05) is 5.32 Å². The fourth-order valence-electron chi connectivity index (χ4n) is 2.52. The Hall–Kier alpha value is -3.69. The average Bonchev–Trinajstić information content (AvgIpc) is 2.71. The summed E-state index contributed by atoms with van der Waals surface area (Å²) in [5.41, 5.74) is 1.73. The van der Waals surface area contributed by atoms with E-state index >= 15 is 0 Å². The molecular formula is C21H14ClN3O3. The lowest BCUT2D eigenvalue weighted by molar-refractivity contribution is 0.0992. The van der Waals surface area contributed by atoms with Gasteiger partial charge in [0.05, 0.1) is 23.7 Å². The summed E-state index contributed by atoms with van der Waals surface area (Å²) in [6.07, 6.45) is 1.44. The molecule has 1 amide bonds. The lowest BCUT2D eigenvalue weighted by Gasteiger charge is -2.11. The zero-order chi connectivity index (χ0) is 20.1. The van der Waals surface area contributed by atoms with Gasteiger partial charge in [-0.05, 0) is 30.3 Å². The minimum atomic E-state index is -0.430. The molecular weight excluding hydrogens is 378 g/mol. The molecule has 0 radical (unpaired) electrons. The van der Waals surface area contributed by atoms with E-state index in [0.29, 0.717) is 22.0 Å². The molecule has 28 heavy (non-hydrogen) atoms. The fraction of sp³-hybridized carbons (Fsp3) is 0.0476. The second-order valence-corrected chi connectivity index (χ2v) is 6.35. The highest BCUT2D eigenvalue weighted by Crippen LogP contribution is 2.24. The Balaban J connectivity index is 1.83. The van der Waals surface area contributed by atoms with Crippen molar-refractivity contribution in [1.29, 1.82) is 0 Å². The van der Waals surface area contributed by atoms with Crippen LogP contribution in [0.2, 0.25) is 5.02 Å². The SMILES string of the molecule is [C-]#[N+]c1ccc(C(=O)Nc2ccc(O)cc2C(=O)Cc2ccc(Cl)cn2)cc1. The third kappa shape index (κ3) is 4.53. The number of rotatable bonds is 5. The van der Waals surface area contributed by atoms with E-state index in [1.807, 2.05) is 0 Å². The van der Waals surface area contributed by atoms with Gasteiger partial charge in [-0.15, -0.1) is 0 Å². The van der Waals surface area contributed by atoms with Crippen LogP contribution in [0.25, 0.3) is 4.85 Å². The number of pyridine rings is 1. The molecule has 0 saturated heterocycles. The summed E-state index contributed by atoms with van der Waals surface area (Å²) >= 11 is 5.80. The van der Waals surface area contributed by atoms with E-state index in [1.165, 1.54) is 48.7 Å². The van der Waals surface area contributed by atoms with Crippen molar-refractivity contribution in [3.8, 4) is 5.75 Å². The Morgan fingerprint density at radius 3 is 2.50 bits per heavy atom. The number of nitrogens with one attached hydrogen (secondary N) is 1. The molecule has 0 spiro atoms. The maximum absolute atomic E-state index is 12.7. The Bertz CT molecular complexity index is 1070. The number of phenolic OH excluding ortho intramolecular Hbond substituents is 1. The van der Waals surface area contributed by atoms with Gasteiger partial charge < -0.3 is 10.4 Å². The Morgan fingerprint density at radius 1 is 1.11 bits per heavy atom. The predicted molar refractivity (Wildman–Crippen MR) is 106 cm³/mol. The van der Waals surface area contributed by atoms with E-state index in [0.717, 1.165) is 0 Å². The first-order chi connectivity index (χ1) is 13.5. The Kier molecular flexibility index (Phi) is 5.68. The molecule has 0 fully saturated rings. The first kappa shape index (κ1) is 19.1. The van der Waals surface area contributed by atoms with Crippen molar-refractivity contribution >= 4 is 34.7 Å². The number of carbonyl (C=O) groups excluding carboxylic acids is 2. The molecule has 0 aliphatic rings. The number of amides is 1. The van der Waals surface area contributed by atoms with Crippen LogP contribution in [0.5, 0.6) is 5.75 Å². The molecule has 6 nitrogen and oxygen atoms in total. The van der Waals surface area contributed by atoms with Crippen LogP contribution in [0.1, 0.15) is 26.4 Å².